The van der Waals surface area contributed by atoms with Gasteiger partial charge in [-0.3, -0.25) is 14.3 Å². The lowest BCUT2D eigenvalue weighted by atomic mass is 9.75. The predicted octanol–water partition coefficient (Wildman–Crippen LogP) is 2.35. The Hall–Kier alpha value is -2.87. The number of amides is 2. The fourth-order valence-electron chi connectivity index (χ4n) is 4.91. The Morgan fingerprint density at radius 2 is 1.59 bits per heavy atom. The zero-order valence-electron chi connectivity index (χ0n) is 20.7. The topological polar surface area (TPSA) is 70.9 Å². The molecule has 2 aromatic rings. The number of hydrogen-bond donors (Lipinski definition) is 0. The van der Waals surface area contributed by atoms with E-state index in [-0.39, 0.29) is 23.8 Å². The number of likely N-dealkylation sites (tertiary alicyclic amines) is 1. The Bertz CT molecular complexity index is 974. The summed E-state index contributed by atoms with van der Waals surface area (Å²) in [5.41, 5.74) is 1.64. The molecule has 4 rings (SSSR count). The van der Waals surface area contributed by atoms with E-state index in [0.717, 1.165) is 56.2 Å². The van der Waals surface area contributed by atoms with Gasteiger partial charge in [0.15, 0.2) is 0 Å². The predicted molar refractivity (Wildman–Crippen MR) is 131 cm³/mol. The van der Waals surface area contributed by atoms with E-state index in [9.17, 15) is 9.59 Å². The van der Waals surface area contributed by atoms with Gasteiger partial charge >= 0.3 is 0 Å². The second-order valence-corrected chi connectivity index (χ2v) is 9.93. The van der Waals surface area contributed by atoms with Crippen molar-refractivity contribution < 1.29 is 14.3 Å². The number of carbonyl (C=O) groups is 2. The Morgan fingerprint density at radius 3 is 2.21 bits per heavy atom. The monoisotopic (exact) mass is 467 g/mol. The second kappa shape index (κ2) is 10.6. The highest BCUT2D eigenvalue weighted by atomic mass is 16.5. The fourth-order valence-corrected chi connectivity index (χ4v) is 4.91. The van der Waals surface area contributed by atoms with Crippen LogP contribution in [0.4, 0.5) is 0 Å². The molecular formula is C26H37N5O3. The molecule has 0 spiro atoms. The lowest BCUT2D eigenvalue weighted by Crippen LogP contribution is -2.51. The van der Waals surface area contributed by atoms with Crippen molar-refractivity contribution >= 4 is 11.8 Å². The number of rotatable bonds is 7. The highest BCUT2D eigenvalue weighted by Crippen LogP contribution is 2.37. The van der Waals surface area contributed by atoms with Crippen molar-refractivity contribution in [3.63, 3.8) is 0 Å². The van der Waals surface area contributed by atoms with E-state index in [1.807, 2.05) is 60.0 Å². The van der Waals surface area contributed by atoms with Crippen molar-refractivity contribution in [1.82, 2.24) is 24.5 Å². The van der Waals surface area contributed by atoms with Gasteiger partial charge in [-0.15, -0.1) is 0 Å². The van der Waals surface area contributed by atoms with Crippen LogP contribution >= 0.6 is 0 Å². The maximum Gasteiger partial charge on any atom is 0.244 e. The Labute approximate surface area is 202 Å². The average molecular weight is 468 g/mol. The summed E-state index contributed by atoms with van der Waals surface area (Å²) in [6, 6.07) is 11.8. The van der Waals surface area contributed by atoms with Crippen molar-refractivity contribution in [3.8, 4) is 5.75 Å². The minimum atomic E-state index is -0.273. The molecule has 2 aliphatic rings. The van der Waals surface area contributed by atoms with Crippen LogP contribution in [0.2, 0.25) is 0 Å². The van der Waals surface area contributed by atoms with E-state index in [1.54, 1.807) is 4.68 Å². The molecule has 0 unspecified atom stereocenters. The van der Waals surface area contributed by atoms with Crippen molar-refractivity contribution in [2.45, 2.75) is 39.7 Å². The van der Waals surface area contributed by atoms with E-state index in [4.69, 9.17) is 4.74 Å². The summed E-state index contributed by atoms with van der Waals surface area (Å²) in [7, 11) is 2.09. The van der Waals surface area contributed by atoms with E-state index in [0.29, 0.717) is 26.1 Å². The number of ether oxygens (including phenoxy) is 1. The Kier molecular flexibility index (Phi) is 7.56. The van der Waals surface area contributed by atoms with Gasteiger partial charge in [-0.25, -0.2) is 0 Å². The molecule has 2 aliphatic heterocycles. The number of aromatic nitrogens is 2. The number of carbonyl (C=O) groups excluding carboxylic acids is 2. The number of benzene rings is 1. The SMILES string of the molecule is Cc1cc(C)n(CC(=O)N2CCC(COc3ccccc3)(CC(=O)N3CCN(C)CC3)CC2)n1. The van der Waals surface area contributed by atoms with Gasteiger partial charge in [-0.2, -0.15) is 5.10 Å². The first-order chi connectivity index (χ1) is 16.3. The van der Waals surface area contributed by atoms with Crippen LogP contribution in [-0.2, 0) is 16.1 Å². The van der Waals surface area contributed by atoms with Crippen LogP contribution in [0.1, 0.15) is 30.7 Å². The molecule has 2 saturated heterocycles. The van der Waals surface area contributed by atoms with E-state index in [1.165, 1.54) is 0 Å². The summed E-state index contributed by atoms with van der Waals surface area (Å²) in [5, 5.41) is 4.43. The van der Waals surface area contributed by atoms with Crippen LogP contribution in [-0.4, -0.2) is 89.2 Å². The zero-order valence-corrected chi connectivity index (χ0v) is 20.7. The smallest absolute Gasteiger partial charge is 0.244 e. The molecule has 1 aromatic heterocycles. The molecule has 0 radical (unpaired) electrons. The molecule has 0 bridgehead atoms. The molecule has 2 amide bonds. The molecule has 1 aromatic carbocycles. The lowest BCUT2D eigenvalue weighted by Gasteiger charge is -2.42. The molecule has 0 N–H and O–H groups in total. The molecule has 34 heavy (non-hydrogen) atoms. The molecule has 0 aliphatic carbocycles. The minimum Gasteiger partial charge on any atom is -0.493 e. The molecular weight excluding hydrogens is 430 g/mol. The molecule has 2 fully saturated rings. The molecule has 8 nitrogen and oxygen atoms in total. The first-order valence-electron chi connectivity index (χ1n) is 12.3. The van der Waals surface area contributed by atoms with Gasteiger partial charge in [0.25, 0.3) is 0 Å². The summed E-state index contributed by atoms with van der Waals surface area (Å²) >= 11 is 0. The van der Waals surface area contributed by atoms with Crippen LogP contribution in [0.15, 0.2) is 36.4 Å². The summed E-state index contributed by atoms with van der Waals surface area (Å²) in [6.07, 6.45) is 1.97. The minimum absolute atomic E-state index is 0.0779. The quantitative estimate of drug-likeness (QED) is 0.625. The van der Waals surface area contributed by atoms with Gasteiger partial charge in [0, 0.05) is 56.8 Å². The van der Waals surface area contributed by atoms with Gasteiger partial charge in [0.1, 0.15) is 12.3 Å². The van der Waals surface area contributed by atoms with E-state index < -0.39 is 0 Å². The highest BCUT2D eigenvalue weighted by Gasteiger charge is 2.40. The first-order valence-corrected chi connectivity index (χ1v) is 12.3. The Balaban J connectivity index is 1.40. The van der Waals surface area contributed by atoms with E-state index >= 15 is 0 Å². The largest absolute Gasteiger partial charge is 0.493 e. The van der Waals surface area contributed by atoms with Crippen molar-refractivity contribution in [1.29, 1.82) is 0 Å². The van der Waals surface area contributed by atoms with Gasteiger partial charge in [-0.05, 0) is 51.9 Å². The molecule has 8 heteroatoms. The van der Waals surface area contributed by atoms with Gasteiger partial charge in [0.2, 0.25) is 11.8 Å². The number of hydrogen-bond acceptors (Lipinski definition) is 5. The molecule has 184 valence electrons. The van der Waals surface area contributed by atoms with Gasteiger partial charge in [-0.1, -0.05) is 18.2 Å². The van der Waals surface area contributed by atoms with Crippen LogP contribution in [0.5, 0.6) is 5.75 Å². The molecule has 0 atom stereocenters. The van der Waals surface area contributed by atoms with E-state index in [2.05, 4.69) is 17.0 Å². The lowest BCUT2D eigenvalue weighted by molar-refractivity contribution is -0.139. The van der Waals surface area contributed by atoms with Crippen LogP contribution in [0.25, 0.3) is 0 Å². The van der Waals surface area contributed by atoms with Gasteiger partial charge in [0.05, 0.1) is 12.3 Å². The highest BCUT2D eigenvalue weighted by molar-refractivity contribution is 5.78. The number of para-hydroxylation sites is 1. The maximum atomic E-state index is 13.2. The number of nitrogens with zero attached hydrogens (tertiary/aromatic N) is 5. The third-order valence-electron chi connectivity index (χ3n) is 7.24. The maximum absolute atomic E-state index is 13.2. The average Bonchev–Trinajstić information content (AvgIpc) is 3.15. The summed E-state index contributed by atoms with van der Waals surface area (Å²) in [5.74, 6) is 1.10. The van der Waals surface area contributed by atoms with Gasteiger partial charge < -0.3 is 19.4 Å². The first kappa shape index (κ1) is 24.3. The summed E-state index contributed by atoms with van der Waals surface area (Å²) in [6.45, 7) is 9.28. The summed E-state index contributed by atoms with van der Waals surface area (Å²) in [4.78, 5) is 32.4. The van der Waals surface area contributed by atoms with Crippen molar-refractivity contribution in [2.75, 3.05) is 52.9 Å². The molecule has 3 heterocycles. The Morgan fingerprint density at radius 1 is 0.941 bits per heavy atom. The van der Waals surface area contributed by atoms with Crippen LogP contribution in [0, 0.1) is 19.3 Å². The second-order valence-electron chi connectivity index (χ2n) is 9.93. The van der Waals surface area contributed by atoms with Crippen LogP contribution in [0.3, 0.4) is 0 Å². The normalized spacial score (nSPS) is 18.7. The number of piperidine rings is 1. The third kappa shape index (κ3) is 5.97. The van der Waals surface area contributed by atoms with Crippen molar-refractivity contribution in [3.05, 3.63) is 47.8 Å². The third-order valence-corrected chi connectivity index (χ3v) is 7.24. The van der Waals surface area contributed by atoms with Crippen molar-refractivity contribution in [2.24, 2.45) is 5.41 Å². The number of likely N-dealkylation sites (N-methyl/N-ethyl adjacent to an activating group) is 1. The number of aryl methyl sites for hydroxylation is 2. The standard InChI is InChI=1S/C26H37N5O3/c1-21-17-22(2)31(27-21)19-25(33)29-11-9-26(10-12-29,20-34-23-7-5-4-6-8-23)18-24(32)30-15-13-28(3)14-16-30/h4-8,17H,9-16,18-20H2,1-3H3. The zero-order chi connectivity index (χ0) is 24.1. The fraction of sp³-hybridized carbons (Fsp3) is 0.577. The summed E-state index contributed by atoms with van der Waals surface area (Å²) < 4.78 is 7.94. The molecule has 0 saturated carbocycles. The number of piperazine rings is 1. The van der Waals surface area contributed by atoms with Crippen LogP contribution < -0.4 is 4.74 Å².